The van der Waals surface area contributed by atoms with E-state index in [2.05, 4.69) is 48.1 Å². The molecule has 0 spiro atoms. The van der Waals surface area contributed by atoms with E-state index in [0.29, 0.717) is 18.6 Å². The van der Waals surface area contributed by atoms with Crippen LogP contribution in [0.15, 0.2) is 28.7 Å². The maximum Gasteiger partial charge on any atom is 0.0727 e. The second-order valence-electron chi connectivity index (χ2n) is 4.77. The number of ether oxygens (including phenoxy) is 1. The lowest BCUT2D eigenvalue weighted by atomic mass is 10.2. The molecule has 96 valence electrons. The van der Waals surface area contributed by atoms with Gasteiger partial charge in [-0.15, -0.1) is 0 Å². The SMILES string of the molecule is CC(CNC(C)C)COCc1ccccc1Br. The molecule has 0 saturated carbocycles. The quantitative estimate of drug-likeness (QED) is 0.831. The molecule has 17 heavy (non-hydrogen) atoms. The summed E-state index contributed by atoms with van der Waals surface area (Å²) in [5.41, 5.74) is 1.21. The van der Waals surface area contributed by atoms with Gasteiger partial charge >= 0.3 is 0 Å². The zero-order valence-corrected chi connectivity index (χ0v) is 12.5. The molecule has 0 amide bonds. The van der Waals surface area contributed by atoms with E-state index in [1.165, 1.54) is 5.56 Å². The summed E-state index contributed by atoms with van der Waals surface area (Å²) in [6.45, 7) is 9.00. The smallest absolute Gasteiger partial charge is 0.0727 e. The number of nitrogens with one attached hydrogen (secondary N) is 1. The maximum atomic E-state index is 5.72. The molecule has 0 aliphatic carbocycles. The van der Waals surface area contributed by atoms with Crippen LogP contribution in [0.25, 0.3) is 0 Å². The van der Waals surface area contributed by atoms with E-state index in [1.807, 2.05) is 18.2 Å². The van der Waals surface area contributed by atoms with Gasteiger partial charge in [-0.25, -0.2) is 0 Å². The first-order valence-electron chi connectivity index (χ1n) is 6.14. The highest BCUT2D eigenvalue weighted by Crippen LogP contribution is 2.16. The summed E-state index contributed by atoms with van der Waals surface area (Å²) in [6.07, 6.45) is 0. The molecule has 0 aromatic heterocycles. The van der Waals surface area contributed by atoms with Crippen LogP contribution in [0, 0.1) is 5.92 Å². The van der Waals surface area contributed by atoms with E-state index in [0.717, 1.165) is 17.6 Å². The van der Waals surface area contributed by atoms with Crippen molar-refractivity contribution in [1.29, 1.82) is 0 Å². The standard InChI is InChI=1S/C14H22BrNO/c1-11(2)16-8-12(3)9-17-10-13-6-4-5-7-14(13)15/h4-7,11-12,16H,8-10H2,1-3H3. The van der Waals surface area contributed by atoms with Crippen molar-refractivity contribution in [2.45, 2.75) is 33.4 Å². The van der Waals surface area contributed by atoms with E-state index in [1.54, 1.807) is 0 Å². The lowest BCUT2D eigenvalue weighted by molar-refractivity contribution is 0.0909. The average molecular weight is 300 g/mol. The first kappa shape index (κ1) is 14.7. The Bertz CT molecular complexity index is 328. The summed E-state index contributed by atoms with van der Waals surface area (Å²) in [5, 5.41) is 3.42. The first-order chi connectivity index (χ1) is 8.09. The van der Waals surface area contributed by atoms with Crippen molar-refractivity contribution in [3.63, 3.8) is 0 Å². The zero-order chi connectivity index (χ0) is 12.7. The summed E-state index contributed by atoms with van der Waals surface area (Å²) in [6, 6.07) is 8.72. The van der Waals surface area contributed by atoms with Gasteiger partial charge in [-0.05, 0) is 17.5 Å². The van der Waals surface area contributed by atoms with Crippen molar-refractivity contribution in [1.82, 2.24) is 5.32 Å². The largest absolute Gasteiger partial charge is 0.376 e. The van der Waals surface area contributed by atoms with Gasteiger partial charge < -0.3 is 10.1 Å². The summed E-state index contributed by atoms with van der Waals surface area (Å²) >= 11 is 3.52. The summed E-state index contributed by atoms with van der Waals surface area (Å²) in [5.74, 6) is 0.542. The van der Waals surface area contributed by atoms with Crippen molar-refractivity contribution in [3.05, 3.63) is 34.3 Å². The minimum atomic E-state index is 0.542. The highest BCUT2D eigenvalue weighted by Gasteiger charge is 2.04. The van der Waals surface area contributed by atoms with Gasteiger partial charge in [-0.3, -0.25) is 0 Å². The Hall–Kier alpha value is -0.380. The molecule has 1 unspecified atom stereocenters. The second kappa shape index (κ2) is 7.85. The molecule has 1 aromatic rings. The van der Waals surface area contributed by atoms with Gasteiger partial charge in [0.15, 0.2) is 0 Å². The topological polar surface area (TPSA) is 21.3 Å². The third-order valence-corrected chi connectivity index (χ3v) is 3.27. The Morgan fingerprint density at radius 2 is 1.94 bits per heavy atom. The molecule has 0 aliphatic heterocycles. The highest BCUT2D eigenvalue weighted by atomic mass is 79.9. The van der Waals surface area contributed by atoms with Crippen LogP contribution < -0.4 is 5.32 Å². The number of benzene rings is 1. The van der Waals surface area contributed by atoms with E-state index >= 15 is 0 Å². The van der Waals surface area contributed by atoms with Gasteiger partial charge in [0.05, 0.1) is 13.2 Å². The van der Waals surface area contributed by atoms with Gasteiger partial charge in [0.2, 0.25) is 0 Å². The van der Waals surface area contributed by atoms with Gasteiger partial charge in [0.1, 0.15) is 0 Å². The monoisotopic (exact) mass is 299 g/mol. The third kappa shape index (κ3) is 6.20. The van der Waals surface area contributed by atoms with Crippen molar-refractivity contribution in [2.24, 2.45) is 5.92 Å². The van der Waals surface area contributed by atoms with E-state index in [9.17, 15) is 0 Å². The predicted octanol–water partition coefficient (Wildman–Crippen LogP) is 3.60. The lowest BCUT2D eigenvalue weighted by Crippen LogP contribution is -2.29. The lowest BCUT2D eigenvalue weighted by Gasteiger charge is -2.15. The highest BCUT2D eigenvalue weighted by molar-refractivity contribution is 9.10. The Morgan fingerprint density at radius 1 is 1.24 bits per heavy atom. The van der Waals surface area contributed by atoms with Crippen molar-refractivity contribution < 1.29 is 4.74 Å². The minimum Gasteiger partial charge on any atom is -0.376 e. The van der Waals surface area contributed by atoms with Crippen molar-refractivity contribution in [3.8, 4) is 0 Å². The molecule has 0 aliphatic rings. The van der Waals surface area contributed by atoms with Crippen LogP contribution in [-0.2, 0) is 11.3 Å². The molecular weight excluding hydrogens is 278 g/mol. The fourth-order valence-electron chi connectivity index (χ4n) is 1.48. The molecule has 0 radical (unpaired) electrons. The van der Waals surface area contributed by atoms with Crippen molar-refractivity contribution in [2.75, 3.05) is 13.2 Å². The molecule has 1 atom stereocenters. The van der Waals surface area contributed by atoms with Crippen LogP contribution in [0.3, 0.4) is 0 Å². The van der Waals surface area contributed by atoms with Gasteiger partial charge in [-0.2, -0.15) is 0 Å². The van der Waals surface area contributed by atoms with Crippen molar-refractivity contribution >= 4 is 15.9 Å². The molecule has 0 bridgehead atoms. The molecule has 1 rings (SSSR count). The third-order valence-electron chi connectivity index (χ3n) is 2.49. The first-order valence-corrected chi connectivity index (χ1v) is 6.93. The van der Waals surface area contributed by atoms with Crippen LogP contribution in [0.4, 0.5) is 0 Å². The Kier molecular flexibility index (Phi) is 6.78. The molecule has 3 heteroatoms. The Labute approximate surface area is 113 Å². The predicted molar refractivity (Wildman–Crippen MR) is 76.1 cm³/mol. The minimum absolute atomic E-state index is 0.542. The zero-order valence-electron chi connectivity index (χ0n) is 10.9. The molecule has 1 aromatic carbocycles. The normalized spacial score (nSPS) is 13.0. The molecule has 0 saturated heterocycles. The van der Waals surface area contributed by atoms with Crippen LogP contribution >= 0.6 is 15.9 Å². The second-order valence-corrected chi connectivity index (χ2v) is 5.63. The molecular formula is C14H22BrNO. The molecule has 1 N–H and O–H groups in total. The van der Waals surface area contributed by atoms with Crippen LogP contribution in [0.2, 0.25) is 0 Å². The fourth-order valence-corrected chi connectivity index (χ4v) is 1.88. The number of hydrogen-bond acceptors (Lipinski definition) is 2. The number of halogens is 1. The van der Waals surface area contributed by atoms with E-state index in [4.69, 9.17) is 4.74 Å². The van der Waals surface area contributed by atoms with Gasteiger partial charge in [-0.1, -0.05) is 54.9 Å². The molecule has 2 nitrogen and oxygen atoms in total. The van der Waals surface area contributed by atoms with Crippen LogP contribution in [0.1, 0.15) is 26.3 Å². The number of rotatable bonds is 7. The maximum absolute atomic E-state index is 5.72. The summed E-state index contributed by atoms with van der Waals surface area (Å²) in [7, 11) is 0. The summed E-state index contributed by atoms with van der Waals surface area (Å²) in [4.78, 5) is 0. The van der Waals surface area contributed by atoms with E-state index < -0.39 is 0 Å². The Balaban J connectivity index is 2.21. The molecule has 0 heterocycles. The summed E-state index contributed by atoms with van der Waals surface area (Å²) < 4.78 is 6.84. The van der Waals surface area contributed by atoms with E-state index in [-0.39, 0.29) is 0 Å². The number of hydrogen-bond donors (Lipinski definition) is 1. The van der Waals surface area contributed by atoms with Gasteiger partial charge in [0, 0.05) is 17.1 Å². The Morgan fingerprint density at radius 3 is 2.59 bits per heavy atom. The molecule has 0 fully saturated rings. The van der Waals surface area contributed by atoms with Crippen LogP contribution in [0.5, 0.6) is 0 Å². The average Bonchev–Trinajstić information content (AvgIpc) is 2.29. The fraction of sp³-hybridized carbons (Fsp3) is 0.571. The van der Waals surface area contributed by atoms with Crippen LogP contribution in [-0.4, -0.2) is 19.2 Å². The van der Waals surface area contributed by atoms with Gasteiger partial charge in [0.25, 0.3) is 0 Å².